The normalized spacial score (nSPS) is 10.7. The number of hydrogen-bond donors (Lipinski definition) is 0. The van der Waals surface area contributed by atoms with E-state index in [-0.39, 0.29) is 5.82 Å². The van der Waals surface area contributed by atoms with Crippen LogP contribution in [0.4, 0.5) is 4.39 Å². The van der Waals surface area contributed by atoms with Crippen LogP contribution in [0, 0.1) is 19.7 Å². The van der Waals surface area contributed by atoms with Crippen LogP contribution in [0.3, 0.4) is 0 Å². The van der Waals surface area contributed by atoms with Crippen LogP contribution in [0.25, 0.3) is 0 Å². The van der Waals surface area contributed by atoms with Crippen molar-refractivity contribution in [1.29, 1.82) is 0 Å². The van der Waals surface area contributed by atoms with Gasteiger partial charge in [-0.3, -0.25) is 0 Å². The highest BCUT2D eigenvalue weighted by atomic mass is 79.9. The largest absolute Gasteiger partial charge is 0.207 e. The summed E-state index contributed by atoms with van der Waals surface area (Å²) >= 11 is 4.94. The molecule has 2 aromatic rings. The van der Waals surface area contributed by atoms with Gasteiger partial charge in [0.25, 0.3) is 0 Å². The number of benzene rings is 2. The Morgan fingerprint density at radius 1 is 1.11 bits per heavy atom. The third kappa shape index (κ3) is 3.36. The van der Waals surface area contributed by atoms with E-state index in [0.717, 1.165) is 10.0 Å². The molecular formula is C15H14BrFS. The van der Waals surface area contributed by atoms with Crippen molar-refractivity contribution in [3.8, 4) is 0 Å². The lowest BCUT2D eigenvalue weighted by Gasteiger charge is -2.07. The molecule has 0 fully saturated rings. The maximum absolute atomic E-state index is 13.7. The third-order valence-electron chi connectivity index (χ3n) is 2.73. The Kier molecular flexibility index (Phi) is 4.46. The average Bonchev–Trinajstić information content (AvgIpc) is 2.30. The van der Waals surface area contributed by atoms with Gasteiger partial charge in [0.15, 0.2) is 0 Å². The van der Waals surface area contributed by atoms with Crippen molar-refractivity contribution < 1.29 is 4.39 Å². The second-order valence-corrected chi connectivity index (χ2v) is 6.23. The molecule has 0 aliphatic carbocycles. The quantitative estimate of drug-likeness (QED) is 0.672. The highest BCUT2D eigenvalue weighted by molar-refractivity contribution is 9.10. The molecule has 0 bridgehead atoms. The molecule has 0 atom stereocenters. The first-order valence-corrected chi connectivity index (χ1v) is 7.48. The summed E-state index contributed by atoms with van der Waals surface area (Å²) in [6.07, 6.45) is 0. The van der Waals surface area contributed by atoms with E-state index in [1.807, 2.05) is 12.1 Å². The molecule has 0 spiro atoms. The van der Waals surface area contributed by atoms with Crippen LogP contribution in [0.2, 0.25) is 0 Å². The van der Waals surface area contributed by atoms with Gasteiger partial charge in [0, 0.05) is 15.1 Å². The van der Waals surface area contributed by atoms with Crippen LogP contribution in [0.15, 0.2) is 45.8 Å². The van der Waals surface area contributed by atoms with Crippen molar-refractivity contribution in [1.82, 2.24) is 0 Å². The molecule has 0 nitrogen and oxygen atoms in total. The first-order chi connectivity index (χ1) is 8.56. The predicted molar refractivity (Wildman–Crippen MR) is 79.6 cm³/mol. The van der Waals surface area contributed by atoms with Gasteiger partial charge in [-0.1, -0.05) is 39.7 Å². The minimum atomic E-state index is -0.151. The highest BCUT2D eigenvalue weighted by Gasteiger charge is 2.05. The van der Waals surface area contributed by atoms with Crippen LogP contribution < -0.4 is 0 Å². The average molecular weight is 325 g/mol. The van der Waals surface area contributed by atoms with E-state index in [4.69, 9.17) is 0 Å². The van der Waals surface area contributed by atoms with Gasteiger partial charge < -0.3 is 0 Å². The zero-order valence-electron chi connectivity index (χ0n) is 10.3. The smallest absolute Gasteiger partial charge is 0.128 e. The molecule has 18 heavy (non-hydrogen) atoms. The van der Waals surface area contributed by atoms with E-state index >= 15 is 0 Å². The van der Waals surface area contributed by atoms with Crippen LogP contribution in [-0.4, -0.2) is 0 Å². The fourth-order valence-electron chi connectivity index (χ4n) is 1.76. The van der Waals surface area contributed by atoms with Crippen molar-refractivity contribution in [2.45, 2.75) is 24.5 Å². The summed E-state index contributed by atoms with van der Waals surface area (Å²) < 4.78 is 14.5. The molecule has 0 unspecified atom stereocenters. The van der Waals surface area contributed by atoms with Crippen molar-refractivity contribution in [3.63, 3.8) is 0 Å². The second-order valence-electron chi connectivity index (χ2n) is 4.29. The van der Waals surface area contributed by atoms with E-state index in [1.54, 1.807) is 11.8 Å². The summed E-state index contributed by atoms with van der Waals surface area (Å²) in [5, 5.41) is 0. The lowest BCUT2D eigenvalue weighted by molar-refractivity contribution is 0.616. The van der Waals surface area contributed by atoms with E-state index in [1.165, 1.54) is 22.1 Å². The fourth-order valence-corrected chi connectivity index (χ4v) is 3.08. The molecule has 0 amide bonds. The molecule has 0 aliphatic heterocycles. The van der Waals surface area contributed by atoms with Crippen molar-refractivity contribution in [2.75, 3.05) is 0 Å². The lowest BCUT2D eigenvalue weighted by Crippen LogP contribution is -1.88. The Labute approximate surface area is 120 Å². The van der Waals surface area contributed by atoms with Gasteiger partial charge >= 0.3 is 0 Å². The van der Waals surface area contributed by atoms with E-state index in [0.29, 0.717) is 5.75 Å². The van der Waals surface area contributed by atoms with Crippen molar-refractivity contribution in [3.05, 3.63) is 63.4 Å². The van der Waals surface area contributed by atoms with Crippen LogP contribution in [0.5, 0.6) is 0 Å². The molecule has 94 valence electrons. The number of thioether (sulfide) groups is 1. The summed E-state index contributed by atoms with van der Waals surface area (Å²) in [5.74, 6) is 0.505. The lowest BCUT2D eigenvalue weighted by atomic mass is 10.2. The molecule has 0 saturated carbocycles. The Hall–Kier alpha value is -0.800. The van der Waals surface area contributed by atoms with Gasteiger partial charge in [0.1, 0.15) is 5.82 Å². The summed E-state index contributed by atoms with van der Waals surface area (Å²) in [4.78, 5) is 1.21. The maximum atomic E-state index is 13.7. The summed E-state index contributed by atoms with van der Waals surface area (Å²) in [5.41, 5.74) is 3.24. The number of hydrogen-bond acceptors (Lipinski definition) is 1. The third-order valence-corrected chi connectivity index (χ3v) is 4.45. The monoisotopic (exact) mass is 324 g/mol. The molecule has 0 N–H and O–H groups in total. The van der Waals surface area contributed by atoms with Crippen LogP contribution in [-0.2, 0) is 5.75 Å². The zero-order valence-corrected chi connectivity index (χ0v) is 12.7. The molecule has 2 rings (SSSR count). The predicted octanol–water partition coefficient (Wildman–Crippen LogP) is 5.50. The fraction of sp³-hybridized carbons (Fsp3) is 0.200. The number of aryl methyl sites for hydroxylation is 2. The molecular weight excluding hydrogens is 311 g/mol. The summed E-state index contributed by atoms with van der Waals surface area (Å²) in [7, 11) is 0. The Bertz CT molecular complexity index is 515. The molecule has 0 aliphatic rings. The second kappa shape index (κ2) is 5.89. The van der Waals surface area contributed by atoms with Crippen molar-refractivity contribution >= 4 is 27.7 Å². The molecule has 0 radical (unpaired) electrons. The molecule has 2 aromatic carbocycles. The van der Waals surface area contributed by atoms with Gasteiger partial charge in [-0.2, -0.15) is 0 Å². The van der Waals surface area contributed by atoms with E-state index in [2.05, 4.69) is 48.0 Å². The zero-order chi connectivity index (χ0) is 13.1. The molecule has 0 heterocycles. The topological polar surface area (TPSA) is 0 Å². The number of rotatable bonds is 3. The van der Waals surface area contributed by atoms with Gasteiger partial charge in [-0.15, -0.1) is 11.8 Å². The van der Waals surface area contributed by atoms with E-state index < -0.39 is 0 Å². The first kappa shape index (κ1) is 13.6. The summed E-state index contributed by atoms with van der Waals surface area (Å²) in [6.45, 7) is 4.17. The highest BCUT2D eigenvalue weighted by Crippen LogP contribution is 2.28. The van der Waals surface area contributed by atoms with Crippen LogP contribution >= 0.6 is 27.7 Å². The SMILES string of the molecule is Cc1ccc(SCc2ccc(Br)cc2F)c(C)c1. The standard InChI is InChI=1S/C15H14BrFS/c1-10-3-6-15(11(2)7-10)18-9-12-4-5-13(16)8-14(12)17/h3-8H,9H2,1-2H3. The first-order valence-electron chi connectivity index (χ1n) is 5.70. The Balaban J connectivity index is 2.11. The Morgan fingerprint density at radius 2 is 1.89 bits per heavy atom. The molecule has 0 saturated heterocycles. The minimum Gasteiger partial charge on any atom is -0.207 e. The molecule has 0 aromatic heterocycles. The van der Waals surface area contributed by atoms with Gasteiger partial charge in [0.2, 0.25) is 0 Å². The van der Waals surface area contributed by atoms with Gasteiger partial charge in [-0.05, 0) is 43.2 Å². The minimum absolute atomic E-state index is 0.151. The Morgan fingerprint density at radius 3 is 2.56 bits per heavy atom. The van der Waals surface area contributed by atoms with Crippen LogP contribution in [0.1, 0.15) is 16.7 Å². The molecule has 3 heteroatoms. The van der Waals surface area contributed by atoms with E-state index in [9.17, 15) is 4.39 Å². The van der Waals surface area contributed by atoms with Gasteiger partial charge in [-0.25, -0.2) is 4.39 Å². The van der Waals surface area contributed by atoms with Crippen molar-refractivity contribution in [2.24, 2.45) is 0 Å². The van der Waals surface area contributed by atoms with Gasteiger partial charge in [0.05, 0.1) is 0 Å². The maximum Gasteiger partial charge on any atom is 0.128 e. The number of halogens is 2. The summed E-state index contributed by atoms with van der Waals surface area (Å²) in [6, 6.07) is 11.6.